The second-order valence-electron chi connectivity index (χ2n) is 3.92. The Balaban J connectivity index is 1.97. The van der Waals surface area contributed by atoms with Gasteiger partial charge >= 0.3 is 0 Å². The molecule has 82 valence electrons. The Kier molecular flexibility index (Phi) is 2.75. The van der Waals surface area contributed by atoms with Crippen molar-refractivity contribution in [2.75, 3.05) is 7.05 Å². The maximum atomic E-state index is 11.1. The predicted octanol–water partition coefficient (Wildman–Crippen LogP) is 0.477. The van der Waals surface area contributed by atoms with Gasteiger partial charge in [-0.15, -0.1) is 0 Å². The van der Waals surface area contributed by atoms with Crippen molar-refractivity contribution in [3.8, 4) is 0 Å². The van der Waals surface area contributed by atoms with E-state index in [1.54, 1.807) is 6.07 Å². The Hall–Kier alpha value is -1.33. The van der Waals surface area contributed by atoms with Crippen LogP contribution >= 0.6 is 0 Å². The molecule has 1 aromatic heterocycles. The van der Waals surface area contributed by atoms with Crippen LogP contribution < -0.4 is 11.3 Å². The topological polar surface area (TPSA) is 71.5 Å². The first-order chi connectivity index (χ1) is 7.20. The van der Waals surface area contributed by atoms with E-state index in [2.05, 4.69) is 17.4 Å². The van der Waals surface area contributed by atoms with Crippen molar-refractivity contribution in [1.29, 1.82) is 0 Å². The summed E-state index contributed by atoms with van der Waals surface area (Å²) in [4.78, 5) is 13.4. The van der Waals surface area contributed by atoms with Gasteiger partial charge in [0.2, 0.25) is 0 Å². The molecule has 1 fully saturated rings. The van der Waals surface area contributed by atoms with Crippen LogP contribution in [0.3, 0.4) is 0 Å². The van der Waals surface area contributed by atoms with E-state index in [0.717, 1.165) is 12.3 Å². The summed E-state index contributed by atoms with van der Waals surface area (Å²) in [5, 5.41) is 0. The molecule has 0 spiro atoms. The molecule has 1 aliphatic rings. The minimum Gasteiger partial charge on any atom is -0.467 e. The fourth-order valence-electron chi connectivity index (χ4n) is 1.56. The maximum Gasteiger partial charge on any atom is 0.268 e. The van der Waals surface area contributed by atoms with Gasteiger partial charge in [0.1, 0.15) is 12.0 Å². The molecule has 5 heteroatoms. The van der Waals surface area contributed by atoms with E-state index in [1.807, 2.05) is 0 Å². The SMILES string of the molecule is CN(Cc1cc(C(=O)NN)co1)C1CC1. The summed E-state index contributed by atoms with van der Waals surface area (Å²) in [6, 6.07) is 2.41. The van der Waals surface area contributed by atoms with Crippen LogP contribution in [-0.4, -0.2) is 23.9 Å². The zero-order valence-corrected chi connectivity index (χ0v) is 8.69. The van der Waals surface area contributed by atoms with Crippen LogP contribution in [-0.2, 0) is 6.54 Å². The first-order valence-electron chi connectivity index (χ1n) is 4.99. The minimum absolute atomic E-state index is 0.320. The van der Waals surface area contributed by atoms with Crippen molar-refractivity contribution in [2.24, 2.45) is 5.84 Å². The summed E-state index contributed by atoms with van der Waals surface area (Å²) in [6.45, 7) is 0.739. The summed E-state index contributed by atoms with van der Waals surface area (Å²) in [5.74, 6) is 5.50. The zero-order chi connectivity index (χ0) is 10.8. The summed E-state index contributed by atoms with van der Waals surface area (Å²) in [5.41, 5.74) is 2.54. The van der Waals surface area contributed by atoms with E-state index in [1.165, 1.54) is 19.1 Å². The fourth-order valence-corrected chi connectivity index (χ4v) is 1.56. The number of furan rings is 1. The number of amides is 1. The Morgan fingerprint density at radius 2 is 2.47 bits per heavy atom. The molecule has 1 aliphatic carbocycles. The monoisotopic (exact) mass is 209 g/mol. The van der Waals surface area contributed by atoms with E-state index >= 15 is 0 Å². The lowest BCUT2D eigenvalue weighted by molar-refractivity contribution is 0.0953. The van der Waals surface area contributed by atoms with Crippen LogP contribution in [0, 0.1) is 0 Å². The zero-order valence-electron chi connectivity index (χ0n) is 8.69. The Morgan fingerprint density at radius 3 is 3.07 bits per heavy atom. The van der Waals surface area contributed by atoms with Gasteiger partial charge in [0.15, 0.2) is 0 Å². The molecule has 3 N–H and O–H groups in total. The predicted molar refractivity (Wildman–Crippen MR) is 54.9 cm³/mol. The number of nitrogen functional groups attached to an aromatic ring is 1. The molecule has 1 saturated carbocycles. The van der Waals surface area contributed by atoms with Gasteiger partial charge < -0.3 is 4.42 Å². The van der Waals surface area contributed by atoms with Crippen molar-refractivity contribution in [2.45, 2.75) is 25.4 Å². The lowest BCUT2D eigenvalue weighted by atomic mass is 10.3. The highest BCUT2D eigenvalue weighted by Crippen LogP contribution is 2.26. The third-order valence-corrected chi connectivity index (χ3v) is 2.62. The molecule has 15 heavy (non-hydrogen) atoms. The van der Waals surface area contributed by atoms with E-state index < -0.39 is 0 Å². The maximum absolute atomic E-state index is 11.1. The van der Waals surface area contributed by atoms with Gasteiger partial charge in [-0.1, -0.05) is 0 Å². The average molecular weight is 209 g/mol. The lowest BCUT2D eigenvalue weighted by Gasteiger charge is -2.12. The molecule has 0 atom stereocenters. The number of nitrogens with two attached hydrogens (primary N) is 1. The van der Waals surface area contributed by atoms with Crippen LogP contribution in [0.4, 0.5) is 0 Å². The van der Waals surface area contributed by atoms with Gasteiger partial charge in [0.25, 0.3) is 5.91 Å². The summed E-state index contributed by atoms with van der Waals surface area (Å²) in [7, 11) is 2.06. The number of nitrogens with one attached hydrogen (secondary N) is 1. The van der Waals surface area contributed by atoms with Crippen molar-refractivity contribution in [3.05, 3.63) is 23.7 Å². The smallest absolute Gasteiger partial charge is 0.268 e. The standard InChI is InChI=1S/C10H15N3O2/c1-13(8-2-3-8)5-9-4-7(6-15-9)10(14)12-11/h4,6,8H,2-3,5,11H2,1H3,(H,12,14). The van der Waals surface area contributed by atoms with Crippen molar-refractivity contribution >= 4 is 5.91 Å². The molecule has 1 amide bonds. The normalized spacial score (nSPS) is 15.7. The molecule has 0 bridgehead atoms. The number of carbonyl (C=O) groups excluding carboxylic acids is 1. The summed E-state index contributed by atoms with van der Waals surface area (Å²) >= 11 is 0. The highest BCUT2D eigenvalue weighted by Gasteiger charge is 2.26. The van der Waals surface area contributed by atoms with E-state index in [9.17, 15) is 4.79 Å². The van der Waals surface area contributed by atoms with Gasteiger partial charge in [-0.2, -0.15) is 0 Å². The van der Waals surface area contributed by atoms with Gasteiger partial charge in [0.05, 0.1) is 12.1 Å². The minimum atomic E-state index is -0.320. The summed E-state index contributed by atoms with van der Waals surface area (Å²) < 4.78 is 5.28. The van der Waals surface area contributed by atoms with Gasteiger partial charge in [0, 0.05) is 6.04 Å². The van der Waals surface area contributed by atoms with E-state index in [4.69, 9.17) is 10.3 Å². The molecule has 0 saturated heterocycles. The third kappa shape index (κ3) is 2.37. The number of nitrogens with zero attached hydrogens (tertiary/aromatic N) is 1. The number of rotatable bonds is 4. The van der Waals surface area contributed by atoms with E-state index in [0.29, 0.717) is 11.6 Å². The van der Waals surface area contributed by atoms with Crippen LogP contribution in [0.25, 0.3) is 0 Å². The van der Waals surface area contributed by atoms with Crippen LogP contribution in [0.15, 0.2) is 16.7 Å². The highest BCUT2D eigenvalue weighted by atomic mass is 16.3. The average Bonchev–Trinajstić information content (AvgIpc) is 2.99. The Labute approximate surface area is 88.2 Å². The molecule has 5 nitrogen and oxygen atoms in total. The highest BCUT2D eigenvalue weighted by molar-refractivity contribution is 5.93. The molecule has 0 aromatic carbocycles. The third-order valence-electron chi connectivity index (χ3n) is 2.62. The first kappa shape index (κ1) is 10.2. The van der Waals surface area contributed by atoms with Crippen LogP contribution in [0.5, 0.6) is 0 Å². The molecule has 0 aliphatic heterocycles. The lowest BCUT2D eigenvalue weighted by Crippen LogP contribution is -2.29. The van der Waals surface area contributed by atoms with Crippen molar-refractivity contribution in [1.82, 2.24) is 10.3 Å². The van der Waals surface area contributed by atoms with E-state index in [-0.39, 0.29) is 5.91 Å². The number of hydrogen-bond acceptors (Lipinski definition) is 4. The number of hydrazine groups is 1. The fraction of sp³-hybridized carbons (Fsp3) is 0.500. The largest absolute Gasteiger partial charge is 0.467 e. The van der Waals surface area contributed by atoms with Crippen LogP contribution in [0.2, 0.25) is 0 Å². The molecular formula is C10H15N3O2. The quantitative estimate of drug-likeness (QED) is 0.430. The molecule has 1 heterocycles. The second-order valence-corrected chi connectivity index (χ2v) is 3.92. The molecule has 2 rings (SSSR count). The molecule has 0 radical (unpaired) electrons. The Bertz CT molecular complexity index is 357. The van der Waals surface area contributed by atoms with Crippen molar-refractivity contribution < 1.29 is 9.21 Å². The first-order valence-corrected chi connectivity index (χ1v) is 4.99. The molecule has 0 unspecified atom stereocenters. The van der Waals surface area contributed by atoms with Crippen molar-refractivity contribution in [3.63, 3.8) is 0 Å². The summed E-state index contributed by atoms with van der Waals surface area (Å²) in [6.07, 6.45) is 3.94. The number of hydrogen-bond donors (Lipinski definition) is 2. The second kappa shape index (κ2) is 4.04. The van der Waals surface area contributed by atoms with Crippen LogP contribution in [0.1, 0.15) is 29.0 Å². The van der Waals surface area contributed by atoms with Gasteiger partial charge in [-0.05, 0) is 26.0 Å². The van der Waals surface area contributed by atoms with Gasteiger partial charge in [-0.3, -0.25) is 15.1 Å². The Morgan fingerprint density at radius 1 is 1.73 bits per heavy atom. The number of carbonyl (C=O) groups is 1. The molecule has 1 aromatic rings. The molecular weight excluding hydrogens is 194 g/mol. The van der Waals surface area contributed by atoms with Gasteiger partial charge in [-0.25, -0.2) is 5.84 Å².